The van der Waals surface area contributed by atoms with Crippen molar-refractivity contribution in [3.63, 3.8) is 0 Å². The summed E-state index contributed by atoms with van der Waals surface area (Å²) in [5, 5.41) is 13.9. The van der Waals surface area contributed by atoms with Crippen LogP contribution in [0, 0.1) is 0 Å². The van der Waals surface area contributed by atoms with Gasteiger partial charge in [0.05, 0.1) is 0 Å². The molecule has 0 aromatic heterocycles. The first-order chi connectivity index (χ1) is 9.88. The SMILES string of the molecule is CC1(C)NC(=O)N(CCC(=O)NCCSCCCO)C1=O. The van der Waals surface area contributed by atoms with Crippen molar-refractivity contribution in [3.8, 4) is 0 Å². The number of hydrogen-bond acceptors (Lipinski definition) is 5. The van der Waals surface area contributed by atoms with E-state index in [1.165, 1.54) is 0 Å². The summed E-state index contributed by atoms with van der Waals surface area (Å²) in [7, 11) is 0. The summed E-state index contributed by atoms with van der Waals surface area (Å²) < 4.78 is 0. The van der Waals surface area contributed by atoms with E-state index >= 15 is 0 Å². The lowest BCUT2D eigenvalue weighted by Crippen LogP contribution is -2.40. The Hall–Kier alpha value is -1.28. The summed E-state index contributed by atoms with van der Waals surface area (Å²) in [6, 6.07) is -0.447. The van der Waals surface area contributed by atoms with Crippen LogP contribution in [0.2, 0.25) is 0 Å². The van der Waals surface area contributed by atoms with Crippen molar-refractivity contribution in [1.29, 1.82) is 0 Å². The highest BCUT2D eigenvalue weighted by Crippen LogP contribution is 2.16. The third-order valence-corrected chi connectivity index (χ3v) is 4.09. The zero-order valence-electron chi connectivity index (χ0n) is 12.5. The van der Waals surface area contributed by atoms with Gasteiger partial charge in [-0.3, -0.25) is 14.5 Å². The van der Waals surface area contributed by atoms with Gasteiger partial charge in [0.25, 0.3) is 5.91 Å². The minimum absolute atomic E-state index is 0.0948. The maximum absolute atomic E-state index is 11.9. The van der Waals surface area contributed by atoms with Gasteiger partial charge in [-0.05, 0) is 26.0 Å². The number of imide groups is 1. The number of aliphatic hydroxyl groups excluding tert-OH is 1. The predicted molar refractivity (Wildman–Crippen MR) is 81.0 cm³/mol. The summed E-state index contributed by atoms with van der Waals surface area (Å²) in [5.74, 6) is 1.16. The molecule has 3 N–H and O–H groups in total. The number of carbonyl (C=O) groups excluding carboxylic acids is 3. The molecular weight excluding hydrogens is 294 g/mol. The molecule has 7 nitrogen and oxygen atoms in total. The average Bonchev–Trinajstić information content (AvgIpc) is 2.61. The molecule has 21 heavy (non-hydrogen) atoms. The second kappa shape index (κ2) is 8.23. The average molecular weight is 317 g/mol. The van der Waals surface area contributed by atoms with Crippen molar-refractivity contribution in [1.82, 2.24) is 15.5 Å². The molecular formula is C13H23N3O4S. The van der Waals surface area contributed by atoms with Crippen molar-refractivity contribution < 1.29 is 19.5 Å². The van der Waals surface area contributed by atoms with Gasteiger partial charge in [-0.1, -0.05) is 0 Å². The Morgan fingerprint density at radius 2 is 2.10 bits per heavy atom. The molecule has 0 spiro atoms. The first-order valence-corrected chi connectivity index (χ1v) is 8.13. The first kappa shape index (κ1) is 17.8. The van der Waals surface area contributed by atoms with Crippen LogP contribution in [0.3, 0.4) is 0 Å². The standard InChI is InChI=1S/C13H23N3O4S/c1-13(2)11(19)16(12(20)15-13)6-4-10(18)14-5-9-21-8-3-7-17/h17H,3-9H2,1-2H3,(H,14,18)(H,15,20). The molecule has 0 bridgehead atoms. The molecule has 1 aliphatic rings. The normalized spacial score (nSPS) is 17.0. The number of thioether (sulfide) groups is 1. The van der Waals surface area contributed by atoms with E-state index in [0.29, 0.717) is 6.54 Å². The van der Waals surface area contributed by atoms with Gasteiger partial charge in [0, 0.05) is 31.9 Å². The molecule has 0 radical (unpaired) electrons. The Bertz CT molecular complexity index is 401. The quantitative estimate of drug-likeness (QED) is 0.409. The van der Waals surface area contributed by atoms with Crippen molar-refractivity contribution in [2.75, 3.05) is 31.2 Å². The zero-order valence-corrected chi connectivity index (χ0v) is 13.3. The lowest BCUT2D eigenvalue weighted by molar-refractivity contribution is -0.130. The molecule has 1 fully saturated rings. The van der Waals surface area contributed by atoms with Crippen LogP contribution in [0.1, 0.15) is 26.7 Å². The Labute approximate surface area is 128 Å². The molecule has 0 aromatic rings. The fourth-order valence-electron chi connectivity index (χ4n) is 1.85. The minimum Gasteiger partial charge on any atom is -0.396 e. The third kappa shape index (κ3) is 5.55. The molecule has 0 saturated carbocycles. The van der Waals surface area contributed by atoms with Gasteiger partial charge in [-0.2, -0.15) is 11.8 Å². The Balaban J connectivity index is 2.19. The number of urea groups is 1. The van der Waals surface area contributed by atoms with Crippen LogP contribution >= 0.6 is 11.8 Å². The lowest BCUT2D eigenvalue weighted by atomic mass is 10.1. The van der Waals surface area contributed by atoms with Gasteiger partial charge >= 0.3 is 6.03 Å². The zero-order chi connectivity index (χ0) is 15.9. The fraction of sp³-hybridized carbons (Fsp3) is 0.769. The molecule has 0 unspecified atom stereocenters. The fourth-order valence-corrected chi connectivity index (χ4v) is 2.64. The van der Waals surface area contributed by atoms with Gasteiger partial charge in [0.1, 0.15) is 5.54 Å². The van der Waals surface area contributed by atoms with E-state index < -0.39 is 11.6 Å². The van der Waals surface area contributed by atoms with Crippen LogP contribution < -0.4 is 10.6 Å². The van der Waals surface area contributed by atoms with Crippen LogP contribution in [0.5, 0.6) is 0 Å². The highest BCUT2D eigenvalue weighted by molar-refractivity contribution is 7.99. The summed E-state index contributed by atoms with van der Waals surface area (Å²) >= 11 is 1.66. The molecule has 1 aliphatic heterocycles. The topological polar surface area (TPSA) is 98.7 Å². The van der Waals surface area contributed by atoms with Crippen molar-refractivity contribution in [2.45, 2.75) is 32.2 Å². The second-order valence-electron chi connectivity index (χ2n) is 5.30. The lowest BCUT2D eigenvalue weighted by Gasteiger charge is -2.15. The molecule has 0 aliphatic carbocycles. The number of aliphatic hydroxyl groups is 1. The molecule has 1 rings (SSSR count). The van der Waals surface area contributed by atoms with E-state index in [0.717, 1.165) is 22.8 Å². The smallest absolute Gasteiger partial charge is 0.325 e. The van der Waals surface area contributed by atoms with E-state index in [1.807, 2.05) is 0 Å². The third-order valence-electron chi connectivity index (χ3n) is 3.02. The van der Waals surface area contributed by atoms with Crippen LogP contribution in [0.4, 0.5) is 4.79 Å². The van der Waals surface area contributed by atoms with Crippen molar-refractivity contribution in [3.05, 3.63) is 0 Å². The summed E-state index contributed by atoms with van der Waals surface area (Å²) in [6.45, 7) is 4.09. The molecule has 1 saturated heterocycles. The van der Waals surface area contributed by atoms with E-state index in [-0.39, 0.29) is 31.4 Å². The Morgan fingerprint density at radius 3 is 2.67 bits per heavy atom. The van der Waals surface area contributed by atoms with Gasteiger partial charge in [-0.15, -0.1) is 0 Å². The van der Waals surface area contributed by atoms with Crippen LogP contribution in [-0.4, -0.2) is 64.6 Å². The molecule has 1 heterocycles. The number of nitrogens with zero attached hydrogens (tertiary/aromatic N) is 1. The number of nitrogens with one attached hydrogen (secondary N) is 2. The van der Waals surface area contributed by atoms with Crippen LogP contribution in [0.15, 0.2) is 0 Å². The molecule has 4 amide bonds. The van der Waals surface area contributed by atoms with Gasteiger partial charge in [-0.25, -0.2) is 4.79 Å². The molecule has 120 valence electrons. The summed E-state index contributed by atoms with van der Waals surface area (Å²) in [6.07, 6.45) is 0.858. The number of amides is 4. The molecule has 8 heteroatoms. The predicted octanol–water partition coefficient (Wildman–Crippen LogP) is -0.0613. The van der Waals surface area contributed by atoms with E-state index in [2.05, 4.69) is 10.6 Å². The number of carbonyl (C=O) groups is 3. The van der Waals surface area contributed by atoms with E-state index in [1.54, 1.807) is 25.6 Å². The monoisotopic (exact) mass is 317 g/mol. The van der Waals surface area contributed by atoms with Gasteiger partial charge in [0.15, 0.2) is 0 Å². The molecule has 0 aromatic carbocycles. The maximum Gasteiger partial charge on any atom is 0.325 e. The van der Waals surface area contributed by atoms with Crippen molar-refractivity contribution >= 4 is 29.6 Å². The summed E-state index contributed by atoms with van der Waals surface area (Å²) in [5.41, 5.74) is -0.892. The highest BCUT2D eigenvalue weighted by atomic mass is 32.2. The number of rotatable bonds is 9. The molecule has 0 atom stereocenters. The first-order valence-electron chi connectivity index (χ1n) is 6.98. The Morgan fingerprint density at radius 1 is 1.38 bits per heavy atom. The van der Waals surface area contributed by atoms with E-state index in [9.17, 15) is 14.4 Å². The second-order valence-corrected chi connectivity index (χ2v) is 6.53. The van der Waals surface area contributed by atoms with Crippen LogP contribution in [-0.2, 0) is 9.59 Å². The van der Waals surface area contributed by atoms with E-state index in [4.69, 9.17) is 5.11 Å². The Kier molecular flexibility index (Phi) is 6.97. The summed E-state index contributed by atoms with van der Waals surface area (Å²) in [4.78, 5) is 36.2. The number of hydrogen-bond donors (Lipinski definition) is 3. The van der Waals surface area contributed by atoms with Gasteiger partial charge < -0.3 is 15.7 Å². The maximum atomic E-state index is 11.9. The van der Waals surface area contributed by atoms with Gasteiger partial charge in [0.2, 0.25) is 5.91 Å². The van der Waals surface area contributed by atoms with Crippen LogP contribution in [0.25, 0.3) is 0 Å². The highest BCUT2D eigenvalue weighted by Gasteiger charge is 2.43. The largest absolute Gasteiger partial charge is 0.396 e. The van der Waals surface area contributed by atoms with Crippen molar-refractivity contribution in [2.24, 2.45) is 0 Å². The minimum atomic E-state index is -0.892.